The van der Waals surface area contributed by atoms with E-state index in [1.165, 1.54) is 0 Å². The molecule has 0 heterocycles. The molecule has 2 aromatic carbocycles. The number of hydrogen-bond acceptors (Lipinski definition) is 5. The van der Waals surface area contributed by atoms with Crippen LogP contribution in [0.15, 0.2) is 41.3 Å². The van der Waals surface area contributed by atoms with Crippen molar-refractivity contribution in [1.82, 2.24) is 5.32 Å². The zero-order valence-electron chi connectivity index (χ0n) is 18.7. The third-order valence-corrected chi connectivity index (χ3v) is 8.77. The highest BCUT2D eigenvalue weighted by molar-refractivity contribution is 7.93. The summed E-state index contributed by atoms with van der Waals surface area (Å²) in [5, 5.41) is 2.89. The summed E-state index contributed by atoms with van der Waals surface area (Å²) in [6.07, 6.45) is 2.72. The van der Waals surface area contributed by atoms with E-state index in [2.05, 4.69) is 5.32 Å². The quantitative estimate of drug-likeness (QED) is 0.669. The fourth-order valence-corrected chi connectivity index (χ4v) is 6.36. The second-order valence-corrected chi connectivity index (χ2v) is 10.4. The minimum Gasteiger partial charge on any atom is -0.493 e. The summed E-state index contributed by atoms with van der Waals surface area (Å²) in [5.74, 6) is 0.860. The Kier molecular flexibility index (Phi) is 6.94. The van der Waals surface area contributed by atoms with Crippen molar-refractivity contribution in [3.63, 3.8) is 0 Å². The van der Waals surface area contributed by atoms with E-state index in [0.717, 1.165) is 29.5 Å². The van der Waals surface area contributed by atoms with Crippen molar-refractivity contribution < 1.29 is 22.7 Å². The van der Waals surface area contributed by atoms with Crippen LogP contribution in [0, 0.1) is 13.8 Å². The summed E-state index contributed by atoms with van der Waals surface area (Å²) in [7, 11) is -0.650. The first-order chi connectivity index (χ1) is 14.7. The van der Waals surface area contributed by atoms with Crippen LogP contribution < -0.4 is 14.8 Å². The van der Waals surface area contributed by atoms with Crippen LogP contribution in [0.1, 0.15) is 42.4 Å². The normalized spacial score (nSPS) is 15.5. The Balaban J connectivity index is 1.77. The van der Waals surface area contributed by atoms with Gasteiger partial charge in [-0.05, 0) is 74.1 Å². The second-order valence-electron chi connectivity index (χ2n) is 8.15. The van der Waals surface area contributed by atoms with Gasteiger partial charge in [0.05, 0.1) is 19.1 Å². The average molecular weight is 446 g/mol. The summed E-state index contributed by atoms with van der Waals surface area (Å²) < 4.78 is 36.3. The van der Waals surface area contributed by atoms with E-state index in [1.807, 2.05) is 32.0 Å². The van der Waals surface area contributed by atoms with Crippen molar-refractivity contribution in [3.05, 3.63) is 53.1 Å². The van der Waals surface area contributed by atoms with E-state index < -0.39 is 20.5 Å². The Hall–Kier alpha value is -2.54. The van der Waals surface area contributed by atoms with Crippen molar-refractivity contribution in [3.8, 4) is 11.5 Å². The van der Waals surface area contributed by atoms with Crippen LogP contribution in [-0.4, -0.2) is 39.8 Å². The molecule has 0 aliphatic heterocycles. The van der Waals surface area contributed by atoms with E-state index >= 15 is 0 Å². The highest BCUT2D eigenvalue weighted by Gasteiger charge is 2.52. The van der Waals surface area contributed by atoms with Gasteiger partial charge in [-0.15, -0.1) is 0 Å². The average Bonchev–Trinajstić information content (AvgIpc) is 3.27. The van der Waals surface area contributed by atoms with Gasteiger partial charge < -0.3 is 14.8 Å². The van der Waals surface area contributed by atoms with Gasteiger partial charge in [-0.3, -0.25) is 4.79 Å². The lowest BCUT2D eigenvalue weighted by Gasteiger charge is -2.28. The van der Waals surface area contributed by atoms with Gasteiger partial charge in [0.25, 0.3) is 0 Å². The van der Waals surface area contributed by atoms with Crippen LogP contribution in [0.3, 0.4) is 0 Å². The van der Waals surface area contributed by atoms with Crippen molar-refractivity contribution in [2.45, 2.75) is 55.6 Å². The molecule has 0 unspecified atom stereocenters. The van der Waals surface area contributed by atoms with Gasteiger partial charge in [-0.1, -0.05) is 25.0 Å². The maximum absolute atomic E-state index is 13.6. The van der Waals surface area contributed by atoms with Gasteiger partial charge in [0, 0.05) is 6.54 Å². The molecule has 7 heteroatoms. The number of benzene rings is 2. The smallest absolute Gasteiger partial charge is 0.241 e. The number of amides is 1. The standard InChI is InChI=1S/C24H31NO5S/c1-17-7-9-20(15-18(17)2)31(27,28)24(12-5-6-13-24)23(26)25-14-11-19-8-10-21(29-3)22(16-19)30-4/h7-10,15-16H,5-6,11-14H2,1-4H3,(H,25,26). The minimum absolute atomic E-state index is 0.229. The number of ether oxygens (including phenoxy) is 2. The highest BCUT2D eigenvalue weighted by Crippen LogP contribution is 2.41. The third-order valence-electron chi connectivity index (χ3n) is 6.28. The fourth-order valence-electron chi connectivity index (χ4n) is 4.19. The molecule has 6 nitrogen and oxygen atoms in total. The van der Waals surface area contributed by atoms with Gasteiger partial charge in [-0.25, -0.2) is 8.42 Å². The molecule has 0 aromatic heterocycles. The van der Waals surface area contributed by atoms with E-state index in [9.17, 15) is 13.2 Å². The van der Waals surface area contributed by atoms with Crippen LogP contribution >= 0.6 is 0 Å². The third kappa shape index (κ3) is 4.42. The first kappa shape index (κ1) is 23.1. The molecule has 0 radical (unpaired) electrons. The maximum Gasteiger partial charge on any atom is 0.241 e. The van der Waals surface area contributed by atoms with Crippen LogP contribution in [0.4, 0.5) is 0 Å². The van der Waals surface area contributed by atoms with Crippen LogP contribution in [-0.2, 0) is 21.1 Å². The molecule has 0 saturated heterocycles. The van der Waals surface area contributed by atoms with E-state index in [4.69, 9.17) is 9.47 Å². The molecule has 3 rings (SSSR count). The molecule has 1 aliphatic carbocycles. The highest BCUT2D eigenvalue weighted by atomic mass is 32.2. The molecule has 1 fully saturated rings. The molecule has 1 aliphatic rings. The molecule has 1 N–H and O–H groups in total. The number of sulfone groups is 1. The summed E-state index contributed by atoms with van der Waals surface area (Å²) in [6, 6.07) is 10.7. The predicted molar refractivity (Wildman–Crippen MR) is 121 cm³/mol. The Bertz CT molecular complexity index is 1060. The maximum atomic E-state index is 13.6. The number of nitrogens with one attached hydrogen (secondary N) is 1. The number of carbonyl (C=O) groups is 1. The van der Waals surface area contributed by atoms with Crippen molar-refractivity contribution in [2.24, 2.45) is 0 Å². The van der Waals surface area contributed by atoms with Crippen molar-refractivity contribution in [1.29, 1.82) is 0 Å². The van der Waals surface area contributed by atoms with E-state index in [0.29, 0.717) is 37.3 Å². The van der Waals surface area contributed by atoms with Gasteiger partial charge in [0.15, 0.2) is 26.1 Å². The summed E-state index contributed by atoms with van der Waals surface area (Å²) in [4.78, 5) is 13.4. The SMILES string of the molecule is COc1ccc(CCNC(=O)C2(S(=O)(=O)c3ccc(C)c(C)c3)CCCC2)cc1OC. The Morgan fingerprint density at radius 1 is 0.968 bits per heavy atom. The van der Waals surface area contributed by atoms with E-state index in [1.54, 1.807) is 32.4 Å². The predicted octanol–water partition coefficient (Wildman–Crippen LogP) is 3.77. The zero-order valence-corrected chi connectivity index (χ0v) is 19.5. The lowest BCUT2D eigenvalue weighted by molar-refractivity contribution is -0.123. The lowest BCUT2D eigenvalue weighted by atomic mass is 10.1. The number of aryl methyl sites for hydroxylation is 2. The summed E-state index contributed by atoms with van der Waals surface area (Å²) >= 11 is 0. The Morgan fingerprint density at radius 3 is 2.26 bits per heavy atom. The largest absolute Gasteiger partial charge is 0.493 e. The van der Waals surface area contributed by atoms with Crippen molar-refractivity contribution >= 4 is 15.7 Å². The molecule has 31 heavy (non-hydrogen) atoms. The van der Waals surface area contributed by atoms with E-state index in [-0.39, 0.29) is 4.90 Å². The van der Waals surface area contributed by atoms with Crippen LogP contribution in [0.2, 0.25) is 0 Å². The van der Waals surface area contributed by atoms with Crippen LogP contribution in [0.5, 0.6) is 11.5 Å². The molecular formula is C24H31NO5S. The first-order valence-electron chi connectivity index (χ1n) is 10.6. The molecule has 0 bridgehead atoms. The monoisotopic (exact) mass is 445 g/mol. The molecule has 0 atom stereocenters. The number of hydrogen-bond donors (Lipinski definition) is 1. The molecular weight excluding hydrogens is 414 g/mol. The molecule has 168 valence electrons. The number of rotatable bonds is 8. The van der Waals surface area contributed by atoms with Crippen LogP contribution in [0.25, 0.3) is 0 Å². The Labute approximate surface area is 184 Å². The second kappa shape index (κ2) is 9.30. The number of carbonyl (C=O) groups excluding carboxylic acids is 1. The zero-order chi connectivity index (χ0) is 22.6. The minimum atomic E-state index is -3.80. The summed E-state index contributed by atoms with van der Waals surface area (Å²) in [6.45, 7) is 4.18. The molecule has 1 saturated carbocycles. The Morgan fingerprint density at radius 2 is 1.65 bits per heavy atom. The molecule has 2 aromatic rings. The fraction of sp³-hybridized carbons (Fsp3) is 0.458. The van der Waals surface area contributed by atoms with Gasteiger partial charge in [-0.2, -0.15) is 0 Å². The molecule has 0 spiro atoms. The topological polar surface area (TPSA) is 81.7 Å². The lowest BCUT2D eigenvalue weighted by Crippen LogP contribution is -2.51. The summed E-state index contributed by atoms with van der Waals surface area (Å²) in [5.41, 5.74) is 2.90. The molecule has 1 amide bonds. The number of methoxy groups -OCH3 is 2. The van der Waals surface area contributed by atoms with Gasteiger partial charge in [0.2, 0.25) is 5.91 Å². The van der Waals surface area contributed by atoms with Gasteiger partial charge in [0.1, 0.15) is 0 Å². The first-order valence-corrected chi connectivity index (χ1v) is 12.0. The van der Waals surface area contributed by atoms with Crippen molar-refractivity contribution in [2.75, 3.05) is 20.8 Å². The van der Waals surface area contributed by atoms with Gasteiger partial charge >= 0.3 is 0 Å².